The summed E-state index contributed by atoms with van der Waals surface area (Å²) in [6.07, 6.45) is 0. The van der Waals surface area contributed by atoms with E-state index in [2.05, 4.69) is 24.3 Å². The van der Waals surface area contributed by atoms with E-state index in [4.69, 9.17) is 5.73 Å². The van der Waals surface area contributed by atoms with Crippen molar-refractivity contribution in [3.8, 4) is 0 Å². The molecule has 0 aliphatic heterocycles. The Bertz CT molecular complexity index is 610. The van der Waals surface area contributed by atoms with E-state index in [0.717, 1.165) is 15.1 Å². The first kappa shape index (κ1) is 7.66. The number of nitrogens with two attached hydrogens (primary N) is 1. The minimum absolute atomic E-state index is 0.845. The molecular formula is C12H7NS. The number of fused-ring (bicyclic) bond motifs is 3. The normalized spacial score (nSPS) is 10.6. The van der Waals surface area contributed by atoms with Crippen LogP contribution in [0.1, 0.15) is 0 Å². The number of rotatable bonds is 0. The molecule has 2 N–H and O–H groups in total. The topological polar surface area (TPSA) is 26.0 Å². The molecule has 1 heterocycles. The maximum absolute atomic E-state index is 5.91. The van der Waals surface area contributed by atoms with E-state index in [1.165, 1.54) is 10.8 Å². The van der Waals surface area contributed by atoms with Gasteiger partial charge in [-0.2, -0.15) is 0 Å². The molecule has 0 spiro atoms. The highest BCUT2D eigenvalue weighted by Crippen LogP contribution is 2.35. The van der Waals surface area contributed by atoms with Crippen LogP contribution in [0.15, 0.2) is 30.3 Å². The summed E-state index contributed by atoms with van der Waals surface area (Å²) in [5.41, 5.74) is 6.75. The van der Waals surface area contributed by atoms with Crippen molar-refractivity contribution >= 4 is 37.2 Å². The van der Waals surface area contributed by atoms with Crippen molar-refractivity contribution in [1.82, 2.24) is 0 Å². The third-order valence-corrected chi connectivity index (χ3v) is 3.49. The average Bonchev–Trinajstić information content (AvgIpc) is 2.59. The van der Waals surface area contributed by atoms with Gasteiger partial charge in [0.15, 0.2) is 0 Å². The Balaban J connectivity index is 2.63. The molecule has 0 fully saturated rings. The minimum atomic E-state index is 0.845. The van der Waals surface area contributed by atoms with Gasteiger partial charge in [-0.05, 0) is 18.2 Å². The summed E-state index contributed by atoms with van der Waals surface area (Å²) < 4.78 is 2.28. The van der Waals surface area contributed by atoms with Gasteiger partial charge in [0.25, 0.3) is 0 Å². The zero-order chi connectivity index (χ0) is 9.54. The van der Waals surface area contributed by atoms with Crippen LogP contribution in [0.5, 0.6) is 0 Å². The van der Waals surface area contributed by atoms with Gasteiger partial charge in [-0.3, -0.25) is 0 Å². The lowest BCUT2D eigenvalue weighted by molar-refractivity contribution is 1.81. The van der Waals surface area contributed by atoms with Gasteiger partial charge < -0.3 is 5.73 Å². The maximum Gasteiger partial charge on any atom is 0.0857 e. The fraction of sp³-hybridized carbons (Fsp3) is 0. The van der Waals surface area contributed by atoms with Gasteiger partial charge in [0, 0.05) is 16.5 Å². The lowest BCUT2D eigenvalue weighted by atomic mass is 10.1. The molecule has 3 aromatic rings. The fourth-order valence-corrected chi connectivity index (χ4v) is 2.73. The molecule has 2 heteroatoms. The summed E-state index contributed by atoms with van der Waals surface area (Å²) >= 11 is 1.68. The van der Waals surface area contributed by atoms with E-state index in [1.807, 2.05) is 18.2 Å². The highest BCUT2D eigenvalue weighted by Gasteiger charge is 2.05. The predicted molar refractivity (Wildman–Crippen MR) is 61.4 cm³/mol. The molecule has 0 atom stereocenters. The molecule has 2 aromatic carbocycles. The van der Waals surface area contributed by atoms with Crippen LogP contribution in [0.25, 0.3) is 20.2 Å². The molecule has 0 saturated heterocycles. The van der Waals surface area contributed by atoms with Crippen molar-refractivity contribution in [2.24, 2.45) is 0 Å². The van der Waals surface area contributed by atoms with E-state index in [9.17, 15) is 0 Å². The highest BCUT2D eigenvalue weighted by molar-refractivity contribution is 7.26. The summed E-state index contributed by atoms with van der Waals surface area (Å²) in [7, 11) is 0. The highest BCUT2D eigenvalue weighted by atomic mass is 32.1. The molecule has 0 saturated carbocycles. The summed E-state index contributed by atoms with van der Waals surface area (Å²) in [5, 5.41) is 2.44. The third kappa shape index (κ3) is 0.905. The Kier molecular flexibility index (Phi) is 1.44. The monoisotopic (exact) mass is 197 g/mol. The predicted octanol–water partition coefficient (Wildman–Crippen LogP) is 3.24. The summed E-state index contributed by atoms with van der Waals surface area (Å²) in [6, 6.07) is 16.0. The van der Waals surface area contributed by atoms with E-state index in [0.29, 0.717) is 0 Å². The molecular weight excluding hydrogens is 190 g/mol. The third-order valence-electron chi connectivity index (χ3n) is 2.30. The summed E-state index contributed by atoms with van der Waals surface area (Å²) in [6.45, 7) is 0. The Labute approximate surface area is 85.8 Å². The maximum atomic E-state index is 5.91. The van der Waals surface area contributed by atoms with Crippen molar-refractivity contribution in [1.29, 1.82) is 0 Å². The molecule has 1 aromatic heterocycles. The zero-order valence-corrected chi connectivity index (χ0v) is 8.19. The molecule has 3 rings (SSSR count). The van der Waals surface area contributed by atoms with E-state index in [-0.39, 0.29) is 0 Å². The molecule has 0 aliphatic rings. The Hall–Kier alpha value is -1.72. The number of anilines is 1. The Morgan fingerprint density at radius 3 is 3.00 bits per heavy atom. The van der Waals surface area contributed by atoms with Gasteiger partial charge in [0.2, 0.25) is 0 Å². The first-order valence-electron chi connectivity index (χ1n) is 4.35. The minimum Gasteiger partial charge on any atom is -0.398 e. The molecule has 0 bridgehead atoms. The second-order valence-corrected chi connectivity index (χ2v) is 4.19. The van der Waals surface area contributed by atoms with Crippen molar-refractivity contribution in [2.75, 3.05) is 5.73 Å². The standard InChI is InChI=1S/C12H7NS/c13-10-6-3-5-9-8-4-1-2-7-11(8)14-12(9)10/h1,3-6H,13H2. The smallest absolute Gasteiger partial charge is 0.0857 e. The lowest BCUT2D eigenvalue weighted by Gasteiger charge is -1.93. The first-order valence-corrected chi connectivity index (χ1v) is 5.17. The van der Waals surface area contributed by atoms with Crippen molar-refractivity contribution in [3.63, 3.8) is 0 Å². The van der Waals surface area contributed by atoms with Gasteiger partial charge >= 0.3 is 0 Å². The number of nitrogen functional groups attached to an aromatic ring is 1. The van der Waals surface area contributed by atoms with Gasteiger partial charge in [-0.15, -0.1) is 11.3 Å². The second-order valence-electron chi connectivity index (χ2n) is 3.17. The largest absolute Gasteiger partial charge is 0.398 e. The molecule has 14 heavy (non-hydrogen) atoms. The molecule has 1 nitrogen and oxygen atoms in total. The molecule has 0 radical (unpaired) electrons. The molecule has 0 aliphatic carbocycles. The van der Waals surface area contributed by atoms with Crippen molar-refractivity contribution in [2.45, 2.75) is 0 Å². The van der Waals surface area contributed by atoms with E-state index < -0.39 is 0 Å². The fourth-order valence-electron chi connectivity index (χ4n) is 1.65. The van der Waals surface area contributed by atoms with Gasteiger partial charge in [0.1, 0.15) is 0 Å². The van der Waals surface area contributed by atoms with Crippen LogP contribution in [0.3, 0.4) is 0 Å². The average molecular weight is 197 g/mol. The van der Waals surface area contributed by atoms with Crippen LogP contribution in [-0.2, 0) is 0 Å². The van der Waals surface area contributed by atoms with E-state index in [1.54, 1.807) is 11.3 Å². The number of hydrogen-bond acceptors (Lipinski definition) is 2. The lowest BCUT2D eigenvalue weighted by Crippen LogP contribution is -1.81. The van der Waals surface area contributed by atoms with Crippen molar-refractivity contribution in [3.05, 3.63) is 42.5 Å². The van der Waals surface area contributed by atoms with Crippen molar-refractivity contribution < 1.29 is 0 Å². The van der Waals surface area contributed by atoms with Gasteiger partial charge in [-0.25, -0.2) is 0 Å². The van der Waals surface area contributed by atoms with Crippen LogP contribution < -0.4 is 5.73 Å². The van der Waals surface area contributed by atoms with Gasteiger partial charge in [-0.1, -0.05) is 24.3 Å². The molecule has 0 unspecified atom stereocenters. The molecule has 0 amide bonds. The Morgan fingerprint density at radius 2 is 2.07 bits per heavy atom. The van der Waals surface area contributed by atoms with Crippen LogP contribution >= 0.6 is 11.3 Å². The zero-order valence-electron chi connectivity index (χ0n) is 7.37. The van der Waals surface area contributed by atoms with Gasteiger partial charge in [0.05, 0.1) is 9.40 Å². The Morgan fingerprint density at radius 1 is 1.14 bits per heavy atom. The van der Waals surface area contributed by atoms with Crippen LogP contribution in [0.4, 0.5) is 5.69 Å². The SMILES string of the molecule is Nc1cccc2c1sc1c#cccc12. The number of benzene rings is 1. The van der Waals surface area contributed by atoms with Crippen LogP contribution in [0, 0.1) is 12.1 Å². The van der Waals surface area contributed by atoms with Crippen LogP contribution in [0.2, 0.25) is 0 Å². The second kappa shape index (κ2) is 2.63. The number of thiophene rings is 1. The number of hydrogen-bond donors (Lipinski definition) is 1. The van der Waals surface area contributed by atoms with Crippen LogP contribution in [-0.4, -0.2) is 0 Å². The molecule has 66 valence electrons. The summed E-state index contributed by atoms with van der Waals surface area (Å²) in [5.74, 6) is 0. The quantitative estimate of drug-likeness (QED) is 0.550. The first-order chi connectivity index (χ1) is 6.86. The van der Waals surface area contributed by atoms with E-state index >= 15 is 0 Å². The summed E-state index contributed by atoms with van der Waals surface area (Å²) in [4.78, 5) is 0.